The molecule has 0 bridgehead atoms. The predicted molar refractivity (Wildman–Crippen MR) is 114 cm³/mol. The van der Waals surface area contributed by atoms with Crippen molar-refractivity contribution in [2.75, 3.05) is 6.79 Å². The van der Waals surface area contributed by atoms with E-state index in [0.717, 1.165) is 45.4 Å². The third-order valence-electron chi connectivity index (χ3n) is 6.98. The van der Waals surface area contributed by atoms with E-state index in [1.54, 1.807) is 0 Å². The zero-order chi connectivity index (χ0) is 19.7. The van der Waals surface area contributed by atoms with E-state index in [1.807, 2.05) is 12.1 Å². The molecule has 2 aliphatic heterocycles. The zero-order valence-corrected chi connectivity index (χ0v) is 16.6. The van der Waals surface area contributed by atoms with Crippen LogP contribution in [0, 0.1) is 0 Å². The van der Waals surface area contributed by atoms with Crippen molar-refractivity contribution in [1.29, 1.82) is 0 Å². The molecule has 0 saturated heterocycles. The summed E-state index contributed by atoms with van der Waals surface area (Å²) in [7, 11) is 0. The van der Waals surface area contributed by atoms with Crippen LogP contribution in [0.25, 0.3) is 21.9 Å². The smallest absolute Gasteiger partial charge is 0.231 e. The first-order valence-corrected chi connectivity index (χ1v) is 10.9. The number of fused-ring (bicyclic) bond motifs is 7. The molecule has 0 radical (unpaired) electrons. The quantitative estimate of drug-likeness (QED) is 0.369. The summed E-state index contributed by atoms with van der Waals surface area (Å²) in [5, 5.41) is 2.28. The summed E-state index contributed by atoms with van der Waals surface area (Å²) in [4.78, 5) is 0. The molecule has 3 aromatic carbocycles. The predicted octanol–water partition coefficient (Wildman–Crippen LogP) is 6.46. The Balaban J connectivity index is 1.42. The van der Waals surface area contributed by atoms with Crippen molar-refractivity contribution in [2.24, 2.45) is 0 Å². The van der Waals surface area contributed by atoms with Gasteiger partial charge in [-0.3, -0.25) is 0 Å². The lowest BCUT2D eigenvalue weighted by Gasteiger charge is -2.41. The van der Waals surface area contributed by atoms with Crippen LogP contribution < -0.4 is 9.47 Å². The van der Waals surface area contributed by atoms with Gasteiger partial charge in [-0.2, -0.15) is 0 Å². The van der Waals surface area contributed by atoms with E-state index >= 15 is 0 Å². The first-order chi connectivity index (χ1) is 14.8. The maximum absolute atomic E-state index is 6.77. The van der Waals surface area contributed by atoms with Crippen molar-refractivity contribution in [2.45, 2.75) is 43.8 Å². The molecule has 4 heteroatoms. The Bertz CT molecular complexity index is 1290. The van der Waals surface area contributed by atoms with E-state index < -0.39 is 0 Å². The molecule has 3 heterocycles. The van der Waals surface area contributed by atoms with E-state index in [2.05, 4.69) is 42.5 Å². The lowest BCUT2D eigenvalue weighted by atomic mass is 9.76. The second-order valence-electron chi connectivity index (χ2n) is 8.63. The Hall–Kier alpha value is -2.98. The van der Waals surface area contributed by atoms with Crippen molar-refractivity contribution in [3.63, 3.8) is 0 Å². The topological polar surface area (TPSA) is 40.8 Å². The fourth-order valence-corrected chi connectivity index (χ4v) is 5.55. The second kappa shape index (κ2) is 6.26. The van der Waals surface area contributed by atoms with E-state index in [9.17, 15) is 0 Å². The maximum Gasteiger partial charge on any atom is 0.231 e. The van der Waals surface area contributed by atoms with Gasteiger partial charge in [0, 0.05) is 16.7 Å². The highest BCUT2D eigenvalue weighted by Gasteiger charge is 2.39. The normalized spacial score (nSPS) is 24.7. The lowest BCUT2D eigenvalue weighted by Crippen LogP contribution is -2.33. The van der Waals surface area contributed by atoms with Gasteiger partial charge in [0.2, 0.25) is 6.79 Å². The van der Waals surface area contributed by atoms with Crippen molar-refractivity contribution in [1.82, 2.24) is 0 Å². The SMILES string of the molecule is c1ccc2c(c1)oc1ccc(C3OC4CCCCC4c4cc5c(cc43)OCO5)cc12. The Morgan fingerprint density at radius 3 is 2.47 bits per heavy atom. The van der Waals surface area contributed by atoms with E-state index in [4.69, 9.17) is 18.6 Å². The summed E-state index contributed by atoms with van der Waals surface area (Å²) in [6.07, 6.45) is 4.94. The summed E-state index contributed by atoms with van der Waals surface area (Å²) >= 11 is 0. The molecule has 7 rings (SSSR count). The summed E-state index contributed by atoms with van der Waals surface area (Å²) < 4.78 is 24.2. The van der Waals surface area contributed by atoms with Gasteiger partial charge in [0.15, 0.2) is 11.5 Å². The molecule has 30 heavy (non-hydrogen) atoms. The van der Waals surface area contributed by atoms with Crippen molar-refractivity contribution in [3.8, 4) is 11.5 Å². The number of ether oxygens (including phenoxy) is 3. The fraction of sp³-hybridized carbons (Fsp3) is 0.308. The molecule has 0 amide bonds. The molecule has 150 valence electrons. The van der Waals surface area contributed by atoms with Crippen LogP contribution in [-0.2, 0) is 4.74 Å². The van der Waals surface area contributed by atoms with Crippen LogP contribution in [0.4, 0.5) is 0 Å². The molecular weight excluding hydrogens is 376 g/mol. The minimum atomic E-state index is -0.105. The standard InChI is InChI=1S/C26H22O4/c1-4-8-22-16(5-1)18-12-24-25(28-14-27-24)13-20(18)26(30-22)15-9-10-23-19(11-15)17-6-2-3-7-21(17)29-23/h2-3,6-7,9-13,16,22,26H,1,4-5,8,14H2. The highest BCUT2D eigenvalue weighted by atomic mass is 16.7. The monoisotopic (exact) mass is 398 g/mol. The Labute approximate surface area is 174 Å². The van der Waals surface area contributed by atoms with Crippen LogP contribution >= 0.6 is 0 Å². The van der Waals surface area contributed by atoms with Gasteiger partial charge < -0.3 is 18.6 Å². The lowest BCUT2D eigenvalue weighted by molar-refractivity contribution is -0.0389. The Morgan fingerprint density at radius 2 is 1.53 bits per heavy atom. The zero-order valence-electron chi connectivity index (χ0n) is 16.6. The number of para-hydroxylation sites is 1. The summed E-state index contributed by atoms with van der Waals surface area (Å²) in [5.41, 5.74) is 5.59. The van der Waals surface area contributed by atoms with Crippen LogP contribution in [-0.4, -0.2) is 12.9 Å². The second-order valence-corrected chi connectivity index (χ2v) is 8.63. The fourth-order valence-electron chi connectivity index (χ4n) is 5.55. The third-order valence-corrected chi connectivity index (χ3v) is 6.98. The van der Waals surface area contributed by atoms with Gasteiger partial charge >= 0.3 is 0 Å². The Morgan fingerprint density at radius 1 is 0.733 bits per heavy atom. The molecule has 1 aromatic heterocycles. The minimum absolute atomic E-state index is 0.105. The van der Waals surface area contributed by atoms with Crippen LogP contribution in [0.15, 0.2) is 59.0 Å². The van der Waals surface area contributed by atoms with E-state index in [1.165, 1.54) is 30.4 Å². The number of hydrogen-bond donors (Lipinski definition) is 0. The summed E-state index contributed by atoms with van der Waals surface area (Å²) in [6, 6.07) is 19.0. The van der Waals surface area contributed by atoms with Crippen LogP contribution in [0.3, 0.4) is 0 Å². The minimum Gasteiger partial charge on any atom is -0.456 e. The highest BCUT2D eigenvalue weighted by Crippen LogP contribution is 2.51. The van der Waals surface area contributed by atoms with Crippen LogP contribution in [0.5, 0.6) is 11.5 Å². The molecule has 1 aliphatic carbocycles. The number of benzene rings is 3. The number of rotatable bonds is 1. The highest BCUT2D eigenvalue weighted by molar-refractivity contribution is 6.05. The molecule has 3 atom stereocenters. The Kier molecular flexibility index (Phi) is 3.50. The van der Waals surface area contributed by atoms with Crippen molar-refractivity contribution < 1.29 is 18.6 Å². The number of furan rings is 1. The summed E-state index contributed by atoms with van der Waals surface area (Å²) in [6.45, 7) is 0.296. The van der Waals surface area contributed by atoms with Gasteiger partial charge in [-0.1, -0.05) is 37.1 Å². The molecule has 1 fully saturated rings. The summed E-state index contributed by atoms with van der Waals surface area (Å²) in [5.74, 6) is 2.14. The van der Waals surface area contributed by atoms with Gasteiger partial charge in [0.05, 0.1) is 6.10 Å². The van der Waals surface area contributed by atoms with E-state index in [-0.39, 0.29) is 12.2 Å². The van der Waals surface area contributed by atoms with E-state index in [0.29, 0.717) is 12.7 Å². The van der Waals surface area contributed by atoms with Gasteiger partial charge in [0.25, 0.3) is 0 Å². The first kappa shape index (κ1) is 16.8. The molecule has 4 aromatic rings. The molecule has 4 nitrogen and oxygen atoms in total. The molecule has 3 aliphatic rings. The largest absolute Gasteiger partial charge is 0.456 e. The first-order valence-electron chi connectivity index (χ1n) is 10.9. The van der Waals surface area contributed by atoms with Crippen LogP contribution in [0.1, 0.15) is 54.4 Å². The van der Waals surface area contributed by atoms with Crippen molar-refractivity contribution in [3.05, 3.63) is 71.3 Å². The third kappa shape index (κ3) is 2.37. The van der Waals surface area contributed by atoms with Crippen molar-refractivity contribution >= 4 is 21.9 Å². The molecule has 1 saturated carbocycles. The number of hydrogen-bond acceptors (Lipinski definition) is 4. The maximum atomic E-state index is 6.77. The van der Waals surface area contributed by atoms with Gasteiger partial charge in [0.1, 0.15) is 17.3 Å². The average Bonchev–Trinajstić information content (AvgIpc) is 3.40. The molecule has 3 unspecified atom stereocenters. The average molecular weight is 398 g/mol. The van der Waals surface area contributed by atoms with Gasteiger partial charge in [-0.25, -0.2) is 0 Å². The molecule has 0 N–H and O–H groups in total. The van der Waals surface area contributed by atoms with Crippen LogP contribution in [0.2, 0.25) is 0 Å². The molecule has 0 spiro atoms. The van der Waals surface area contributed by atoms with Gasteiger partial charge in [-0.15, -0.1) is 0 Å². The van der Waals surface area contributed by atoms with Gasteiger partial charge in [-0.05, 0) is 59.9 Å². The molecular formula is C26H22O4.